The Bertz CT molecular complexity index is 669. The largest absolute Gasteiger partial charge is 0.355 e. The predicted molar refractivity (Wildman–Crippen MR) is 85.7 cm³/mol. The van der Waals surface area contributed by atoms with E-state index in [9.17, 15) is 5.11 Å². The quantitative estimate of drug-likeness (QED) is 0.897. The van der Waals surface area contributed by atoms with Gasteiger partial charge >= 0.3 is 0 Å². The molecule has 1 heterocycles. The van der Waals surface area contributed by atoms with Crippen LogP contribution in [0.2, 0.25) is 5.02 Å². The summed E-state index contributed by atoms with van der Waals surface area (Å²) in [6.07, 6.45) is -0.846. The molecule has 0 saturated carbocycles. The van der Waals surface area contributed by atoms with Crippen molar-refractivity contribution in [2.45, 2.75) is 13.3 Å². The summed E-state index contributed by atoms with van der Waals surface area (Å²) in [5.41, 5.74) is 6.46. The van der Waals surface area contributed by atoms with Gasteiger partial charge in [0.25, 0.3) is 0 Å². The Kier molecular flexibility index (Phi) is 3.82. The molecule has 1 aliphatic heterocycles. The molecule has 3 rings (SSSR count). The van der Waals surface area contributed by atoms with Crippen LogP contribution in [0.5, 0.6) is 0 Å². The lowest BCUT2D eigenvalue weighted by atomic mass is 10.0. The molecule has 0 aromatic heterocycles. The molecule has 0 bridgehead atoms. The Balaban J connectivity index is 2.14. The number of anilines is 1. The third kappa shape index (κ3) is 2.60. The number of para-hydroxylation sites is 1. The number of benzene rings is 2. The van der Waals surface area contributed by atoms with Gasteiger partial charge in [-0.3, -0.25) is 5.43 Å². The van der Waals surface area contributed by atoms with E-state index in [4.69, 9.17) is 11.6 Å². The van der Waals surface area contributed by atoms with Gasteiger partial charge < -0.3 is 10.0 Å². The van der Waals surface area contributed by atoms with Crippen LogP contribution >= 0.6 is 11.6 Å². The summed E-state index contributed by atoms with van der Waals surface area (Å²) in [7, 11) is 0. The van der Waals surface area contributed by atoms with Crippen LogP contribution in [-0.4, -0.2) is 23.7 Å². The van der Waals surface area contributed by atoms with Gasteiger partial charge in [-0.05, 0) is 25.1 Å². The van der Waals surface area contributed by atoms with Gasteiger partial charge in [0.05, 0.1) is 5.71 Å². The highest BCUT2D eigenvalue weighted by atomic mass is 35.5. The summed E-state index contributed by atoms with van der Waals surface area (Å²) < 4.78 is 0. The first kappa shape index (κ1) is 13.9. The summed E-state index contributed by atoms with van der Waals surface area (Å²) in [5, 5.41) is 15.3. The van der Waals surface area contributed by atoms with Gasteiger partial charge in [0, 0.05) is 28.4 Å². The highest BCUT2D eigenvalue weighted by molar-refractivity contribution is 6.30. The molecule has 0 amide bonds. The number of rotatable bonds is 2. The van der Waals surface area contributed by atoms with E-state index in [0.717, 1.165) is 22.5 Å². The van der Waals surface area contributed by atoms with Crippen LogP contribution in [0.3, 0.4) is 0 Å². The molecule has 0 aliphatic carbocycles. The van der Waals surface area contributed by atoms with Crippen molar-refractivity contribution in [3.8, 4) is 0 Å². The molecule has 21 heavy (non-hydrogen) atoms. The van der Waals surface area contributed by atoms with Crippen molar-refractivity contribution >= 4 is 23.0 Å². The predicted octanol–water partition coefficient (Wildman–Crippen LogP) is 2.80. The molecule has 2 aromatic carbocycles. The lowest BCUT2D eigenvalue weighted by molar-refractivity contribution is 0.136. The molecule has 2 N–H and O–H groups in total. The van der Waals surface area contributed by atoms with Crippen LogP contribution in [0.25, 0.3) is 0 Å². The maximum atomic E-state index is 10.2. The lowest BCUT2D eigenvalue weighted by Crippen LogP contribution is -2.42. The highest BCUT2D eigenvalue weighted by Gasteiger charge is 2.23. The topological polar surface area (TPSA) is 47.9 Å². The molecule has 4 nitrogen and oxygen atoms in total. The van der Waals surface area contributed by atoms with Gasteiger partial charge in [0.15, 0.2) is 0 Å². The number of hydrogen-bond acceptors (Lipinski definition) is 4. The number of nitrogens with one attached hydrogen (secondary N) is 1. The van der Waals surface area contributed by atoms with Crippen molar-refractivity contribution in [1.82, 2.24) is 5.43 Å². The molecular weight excluding hydrogens is 286 g/mol. The average molecular weight is 302 g/mol. The minimum Gasteiger partial charge on any atom is -0.355 e. The van der Waals surface area contributed by atoms with Gasteiger partial charge in [-0.1, -0.05) is 41.9 Å². The Hall–Kier alpha value is -2.04. The smallest absolute Gasteiger partial charge is 0.220 e. The molecule has 2 aromatic rings. The summed E-state index contributed by atoms with van der Waals surface area (Å²) in [5.74, 6) is 0. The molecule has 0 fully saturated rings. The van der Waals surface area contributed by atoms with E-state index in [0.29, 0.717) is 11.6 Å². The summed E-state index contributed by atoms with van der Waals surface area (Å²) in [6.45, 7) is 2.67. The van der Waals surface area contributed by atoms with E-state index in [1.807, 2.05) is 60.4 Å². The highest BCUT2D eigenvalue weighted by Crippen LogP contribution is 2.27. The molecule has 108 valence electrons. The zero-order valence-electron chi connectivity index (χ0n) is 11.6. The minimum atomic E-state index is -0.846. The van der Waals surface area contributed by atoms with Crippen molar-refractivity contribution in [3.05, 3.63) is 64.7 Å². The van der Waals surface area contributed by atoms with Crippen LogP contribution in [0.4, 0.5) is 5.69 Å². The van der Waals surface area contributed by atoms with Crippen molar-refractivity contribution < 1.29 is 5.11 Å². The third-order valence-corrected chi connectivity index (χ3v) is 3.77. The molecule has 1 unspecified atom stereocenters. The Labute approximate surface area is 128 Å². The number of halogens is 1. The monoisotopic (exact) mass is 301 g/mol. The van der Waals surface area contributed by atoms with E-state index in [2.05, 4.69) is 10.5 Å². The van der Waals surface area contributed by atoms with Gasteiger partial charge in [0.1, 0.15) is 0 Å². The zero-order valence-corrected chi connectivity index (χ0v) is 12.4. The molecule has 1 atom stereocenters. The molecule has 1 aliphatic rings. The van der Waals surface area contributed by atoms with E-state index < -0.39 is 6.35 Å². The van der Waals surface area contributed by atoms with Gasteiger partial charge in [-0.15, -0.1) is 0 Å². The van der Waals surface area contributed by atoms with Crippen molar-refractivity contribution in [1.29, 1.82) is 0 Å². The van der Waals surface area contributed by atoms with Crippen molar-refractivity contribution in [3.63, 3.8) is 0 Å². The van der Waals surface area contributed by atoms with Crippen molar-refractivity contribution in [2.75, 3.05) is 11.4 Å². The second-order valence-corrected chi connectivity index (χ2v) is 5.21. The van der Waals surface area contributed by atoms with Gasteiger partial charge in [-0.25, -0.2) is 0 Å². The fourth-order valence-corrected chi connectivity index (χ4v) is 2.61. The number of aliphatic hydroxyl groups excluding tert-OH is 1. The summed E-state index contributed by atoms with van der Waals surface area (Å²) in [6, 6.07) is 15.4. The maximum Gasteiger partial charge on any atom is 0.220 e. The summed E-state index contributed by atoms with van der Waals surface area (Å²) >= 11 is 5.95. The number of fused-ring (bicyclic) bond motifs is 1. The van der Waals surface area contributed by atoms with Crippen LogP contribution < -0.4 is 10.3 Å². The molecule has 0 radical (unpaired) electrons. The SMILES string of the molecule is CCN1c2ccccc2C(c2ccc(Cl)cc2)=NNC1O. The minimum absolute atomic E-state index is 0.675. The summed E-state index contributed by atoms with van der Waals surface area (Å²) in [4.78, 5) is 1.86. The van der Waals surface area contributed by atoms with Crippen molar-refractivity contribution in [2.24, 2.45) is 5.10 Å². The second kappa shape index (κ2) is 5.76. The fraction of sp³-hybridized carbons (Fsp3) is 0.188. The number of hydrazone groups is 1. The fourth-order valence-electron chi connectivity index (χ4n) is 2.48. The van der Waals surface area contributed by atoms with E-state index in [1.165, 1.54) is 0 Å². The standard InChI is InChI=1S/C16H16ClN3O/c1-2-20-14-6-4-3-5-13(14)15(18-19-16(20)21)11-7-9-12(17)10-8-11/h3-10,16,19,21H,2H2,1H3. The maximum absolute atomic E-state index is 10.2. The van der Waals surface area contributed by atoms with E-state index >= 15 is 0 Å². The molecular formula is C16H16ClN3O. The second-order valence-electron chi connectivity index (χ2n) is 4.77. The van der Waals surface area contributed by atoms with Gasteiger partial charge in [-0.2, -0.15) is 5.10 Å². The molecule has 0 saturated heterocycles. The van der Waals surface area contributed by atoms with Crippen LogP contribution in [-0.2, 0) is 0 Å². The molecule has 5 heteroatoms. The normalized spacial score (nSPS) is 17.6. The Morgan fingerprint density at radius 2 is 1.90 bits per heavy atom. The van der Waals surface area contributed by atoms with Crippen LogP contribution in [0.15, 0.2) is 53.6 Å². The number of hydrogen-bond donors (Lipinski definition) is 2. The molecule has 0 spiro atoms. The first-order valence-corrected chi connectivity index (χ1v) is 7.21. The van der Waals surface area contributed by atoms with E-state index in [1.54, 1.807) is 0 Å². The Morgan fingerprint density at radius 1 is 1.19 bits per heavy atom. The van der Waals surface area contributed by atoms with Crippen LogP contribution in [0, 0.1) is 0 Å². The average Bonchev–Trinajstić information content (AvgIpc) is 2.64. The first-order chi connectivity index (χ1) is 10.2. The van der Waals surface area contributed by atoms with Gasteiger partial charge in [0.2, 0.25) is 6.35 Å². The number of aliphatic hydroxyl groups is 1. The van der Waals surface area contributed by atoms with E-state index in [-0.39, 0.29) is 0 Å². The first-order valence-electron chi connectivity index (χ1n) is 6.84. The zero-order chi connectivity index (χ0) is 14.8. The van der Waals surface area contributed by atoms with Crippen LogP contribution in [0.1, 0.15) is 18.1 Å². The lowest BCUT2D eigenvalue weighted by Gasteiger charge is -2.27. The third-order valence-electron chi connectivity index (χ3n) is 3.51. The number of nitrogens with zero attached hydrogens (tertiary/aromatic N) is 2. The Morgan fingerprint density at radius 3 is 2.62 bits per heavy atom.